The summed E-state index contributed by atoms with van der Waals surface area (Å²) in [6.07, 6.45) is 3.88. The number of benzene rings is 1. The van der Waals surface area contributed by atoms with Gasteiger partial charge < -0.3 is 29.7 Å². The number of aromatic amines is 1. The molecule has 12 nitrogen and oxygen atoms in total. The van der Waals surface area contributed by atoms with Crippen LogP contribution in [0, 0.1) is 0 Å². The molecule has 6 heterocycles. The normalized spacial score (nSPS) is 21.5. The molecule has 2 aromatic heterocycles. The van der Waals surface area contributed by atoms with E-state index in [1.807, 2.05) is 39.4 Å². The van der Waals surface area contributed by atoms with E-state index in [-0.39, 0.29) is 18.0 Å². The lowest BCUT2D eigenvalue weighted by atomic mass is 10.00. The first-order chi connectivity index (χ1) is 21.9. The minimum absolute atomic E-state index is 0.0463. The van der Waals surface area contributed by atoms with Crippen molar-refractivity contribution in [1.82, 2.24) is 34.7 Å². The third-order valence-corrected chi connectivity index (χ3v) is 10.9. The fourth-order valence-electron chi connectivity index (χ4n) is 7.19. The van der Waals surface area contributed by atoms with Crippen LogP contribution in [0.1, 0.15) is 36.1 Å². The van der Waals surface area contributed by atoms with E-state index >= 15 is 0 Å². The van der Waals surface area contributed by atoms with Gasteiger partial charge in [0.25, 0.3) is 5.91 Å². The number of likely N-dealkylation sites (N-methyl/N-ethyl adjacent to an activating group) is 1. The van der Waals surface area contributed by atoms with Crippen molar-refractivity contribution in [3.8, 4) is 0 Å². The second-order valence-corrected chi connectivity index (χ2v) is 13.8. The number of H-pyrrole nitrogens is 1. The maximum absolute atomic E-state index is 14.0. The van der Waals surface area contributed by atoms with E-state index in [0.717, 1.165) is 66.1 Å². The number of carbonyl (C=O) groups is 3. The number of hydrogen-bond acceptors (Lipinski definition) is 8. The van der Waals surface area contributed by atoms with Crippen molar-refractivity contribution in [3.05, 3.63) is 46.3 Å². The molecule has 0 spiro atoms. The van der Waals surface area contributed by atoms with Gasteiger partial charge in [0.1, 0.15) is 0 Å². The van der Waals surface area contributed by atoms with Crippen LogP contribution in [0.25, 0.3) is 10.9 Å². The number of piperazine rings is 1. The van der Waals surface area contributed by atoms with Gasteiger partial charge in [-0.2, -0.15) is 5.10 Å². The zero-order valence-electron chi connectivity index (χ0n) is 25.8. The highest BCUT2D eigenvalue weighted by Gasteiger charge is 2.37. The van der Waals surface area contributed by atoms with Gasteiger partial charge in [0.2, 0.25) is 0 Å². The van der Waals surface area contributed by atoms with Gasteiger partial charge in [-0.05, 0) is 61.9 Å². The molecular weight excluding hydrogens is 592 g/mol. The summed E-state index contributed by atoms with van der Waals surface area (Å²) in [5.74, 6) is -0.126. The fourth-order valence-corrected chi connectivity index (χ4v) is 8.02. The van der Waals surface area contributed by atoms with Crippen molar-refractivity contribution in [3.63, 3.8) is 0 Å². The summed E-state index contributed by atoms with van der Waals surface area (Å²) in [7, 11) is 2.17. The average Bonchev–Trinajstić information content (AvgIpc) is 3.73. The highest BCUT2D eigenvalue weighted by atomic mass is 32.1. The number of aromatic nitrogens is 2. The molecule has 0 aliphatic carbocycles. The summed E-state index contributed by atoms with van der Waals surface area (Å²) < 4.78 is 6.06. The lowest BCUT2D eigenvalue weighted by molar-refractivity contribution is -0.142. The largest absolute Gasteiger partial charge is 0.436 e. The first kappa shape index (κ1) is 30.0. The van der Waals surface area contributed by atoms with Crippen molar-refractivity contribution in [1.29, 1.82) is 0 Å². The number of fused-ring (bicyclic) bond motifs is 2. The number of amides is 4. The van der Waals surface area contributed by atoms with Crippen LogP contribution >= 0.6 is 11.3 Å². The Labute approximate surface area is 267 Å². The number of ether oxygens (including phenoxy) is 1. The number of urea groups is 1. The lowest BCUT2D eigenvalue weighted by Crippen LogP contribution is -2.54. The Bertz CT molecular complexity index is 1520. The van der Waals surface area contributed by atoms with E-state index in [2.05, 4.69) is 32.4 Å². The fraction of sp³-hybridized carbons (Fsp3) is 0.562. The van der Waals surface area contributed by atoms with Gasteiger partial charge in [-0.15, -0.1) is 11.3 Å². The zero-order valence-corrected chi connectivity index (χ0v) is 26.6. The molecule has 3 fully saturated rings. The second kappa shape index (κ2) is 13.0. The van der Waals surface area contributed by atoms with E-state index in [1.165, 1.54) is 0 Å². The number of hydrogen-bond donors (Lipinski definition) is 2. The molecule has 13 heteroatoms. The molecule has 1 aromatic carbocycles. The van der Waals surface area contributed by atoms with Crippen LogP contribution < -0.4 is 5.32 Å². The first-order valence-electron chi connectivity index (χ1n) is 16.1. The van der Waals surface area contributed by atoms with Crippen LogP contribution in [0.3, 0.4) is 0 Å². The highest BCUT2D eigenvalue weighted by Crippen LogP contribution is 2.31. The predicted molar refractivity (Wildman–Crippen MR) is 172 cm³/mol. The third kappa shape index (κ3) is 6.52. The molecular formula is C32H42N8O4S. The van der Waals surface area contributed by atoms with E-state index in [1.54, 1.807) is 22.4 Å². The summed E-state index contributed by atoms with van der Waals surface area (Å²) in [5, 5.41) is 13.0. The van der Waals surface area contributed by atoms with E-state index in [9.17, 15) is 14.4 Å². The number of nitrogens with zero attached hydrogens (tertiary/aromatic N) is 6. The first-order valence-corrected chi connectivity index (χ1v) is 17.0. The van der Waals surface area contributed by atoms with E-state index in [4.69, 9.17) is 4.74 Å². The summed E-state index contributed by atoms with van der Waals surface area (Å²) in [6.45, 7) is 7.18. The topological polar surface area (TPSA) is 117 Å². The maximum Gasteiger partial charge on any atom is 0.410 e. The molecule has 3 saturated heterocycles. The maximum atomic E-state index is 14.0. The summed E-state index contributed by atoms with van der Waals surface area (Å²) in [6, 6.07) is 8.30. The molecule has 3 aromatic rings. The lowest BCUT2D eigenvalue weighted by Gasteiger charge is -2.42. The average molecular weight is 635 g/mol. The Hall–Kier alpha value is -3.68. The Morgan fingerprint density at radius 2 is 1.71 bits per heavy atom. The monoisotopic (exact) mass is 634 g/mol. The molecule has 4 aliphatic heterocycles. The second-order valence-electron chi connectivity index (χ2n) is 12.8. The molecule has 4 amide bonds. The molecule has 0 unspecified atom stereocenters. The predicted octanol–water partition coefficient (Wildman–Crippen LogP) is 3.42. The standard InChI is InChI=1S/C32H42N8O4S/c1-36-13-15-37(16-14-36)24-4-9-38(10-5-24)30(41)28(19-22-2-3-26-23(18-22)20-33-35-26)44-32(43)39-11-6-25(7-12-39)40-21-29-27(8-17-45-29)34-31(40)42/h2-3,8,17-18,20,24-25,28H,4-7,9-16,19,21H2,1H3,(H,33,35)(H,34,42)/t28-/m1/s1. The molecule has 4 aliphatic rings. The number of piperidine rings is 2. The van der Waals surface area contributed by atoms with Crippen LogP contribution in [0.2, 0.25) is 0 Å². The SMILES string of the molecule is CN1CCN(C2CCN(C(=O)[C@@H](Cc3ccc4[nH]ncc4c3)OC(=O)N3CCC(N4Cc5sccc5NC4=O)CC3)CC2)CC1. The Balaban J connectivity index is 0.989. The molecule has 0 saturated carbocycles. The molecule has 0 radical (unpaired) electrons. The summed E-state index contributed by atoms with van der Waals surface area (Å²) in [5.41, 5.74) is 2.74. The van der Waals surface area contributed by atoms with Gasteiger partial charge in [-0.25, -0.2) is 9.59 Å². The van der Waals surface area contributed by atoms with Gasteiger partial charge in [-0.3, -0.25) is 14.8 Å². The molecule has 1 atom stereocenters. The van der Waals surface area contributed by atoms with Crippen LogP contribution in [0.5, 0.6) is 0 Å². The molecule has 2 N–H and O–H groups in total. The Morgan fingerprint density at radius 1 is 0.978 bits per heavy atom. The minimum Gasteiger partial charge on any atom is -0.436 e. The van der Waals surface area contributed by atoms with Crippen LogP contribution in [0.4, 0.5) is 15.3 Å². The van der Waals surface area contributed by atoms with Crippen molar-refractivity contribution in [2.75, 3.05) is 64.7 Å². The number of likely N-dealkylation sites (tertiary alicyclic amines) is 2. The Morgan fingerprint density at radius 3 is 2.49 bits per heavy atom. The van der Waals surface area contributed by atoms with Gasteiger partial charge in [0, 0.05) is 81.1 Å². The number of nitrogens with one attached hydrogen (secondary N) is 2. The van der Waals surface area contributed by atoms with E-state index in [0.29, 0.717) is 58.0 Å². The van der Waals surface area contributed by atoms with Crippen LogP contribution in [-0.4, -0.2) is 130 Å². The molecule has 7 rings (SSSR count). The summed E-state index contributed by atoms with van der Waals surface area (Å²) in [4.78, 5) is 51.8. The van der Waals surface area contributed by atoms with Gasteiger partial charge in [-0.1, -0.05) is 6.07 Å². The number of rotatable bonds is 6. The van der Waals surface area contributed by atoms with Gasteiger partial charge >= 0.3 is 12.1 Å². The van der Waals surface area contributed by atoms with Gasteiger partial charge in [0.15, 0.2) is 6.10 Å². The number of anilines is 1. The van der Waals surface area contributed by atoms with Crippen molar-refractivity contribution in [2.24, 2.45) is 0 Å². The zero-order chi connectivity index (χ0) is 30.9. The van der Waals surface area contributed by atoms with E-state index < -0.39 is 12.2 Å². The highest BCUT2D eigenvalue weighted by molar-refractivity contribution is 7.10. The molecule has 0 bridgehead atoms. The van der Waals surface area contributed by atoms with Crippen LogP contribution in [-0.2, 0) is 22.5 Å². The third-order valence-electron chi connectivity index (χ3n) is 10.00. The molecule has 240 valence electrons. The number of carbonyl (C=O) groups excluding carboxylic acids is 3. The van der Waals surface area contributed by atoms with Crippen LogP contribution in [0.15, 0.2) is 35.8 Å². The quantitative estimate of drug-likeness (QED) is 0.427. The molecule has 45 heavy (non-hydrogen) atoms. The smallest absolute Gasteiger partial charge is 0.410 e. The number of thiophene rings is 1. The van der Waals surface area contributed by atoms with Crippen molar-refractivity contribution in [2.45, 2.75) is 56.8 Å². The van der Waals surface area contributed by atoms with Gasteiger partial charge in [0.05, 0.1) is 23.9 Å². The Kier molecular flexibility index (Phi) is 8.65. The summed E-state index contributed by atoms with van der Waals surface area (Å²) >= 11 is 1.64. The van der Waals surface area contributed by atoms with Crippen molar-refractivity contribution >= 4 is 46.0 Å². The van der Waals surface area contributed by atoms with Crippen molar-refractivity contribution < 1.29 is 19.1 Å². The minimum atomic E-state index is -0.912.